The van der Waals surface area contributed by atoms with E-state index in [4.69, 9.17) is 9.84 Å². The zero-order chi connectivity index (χ0) is 12.1. The van der Waals surface area contributed by atoms with Crippen LogP contribution in [0.5, 0.6) is 5.75 Å². The Bertz CT molecular complexity index is 388. The minimum Gasteiger partial charge on any atom is -0.493 e. The van der Waals surface area contributed by atoms with Crippen LogP contribution in [0.1, 0.15) is 24.8 Å². The molecule has 1 aliphatic carbocycles. The van der Waals surface area contributed by atoms with Crippen molar-refractivity contribution in [2.45, 2.75) is 31.9 Å². The van der Waals surface area contributed by atoms with Crippen LogP contribution >= 0.6 is 0 Å². The van der Waals surface area contributed by atoms with Gasteiger partial charge in [0.25, 0.3) is 0 Å². The average molecular weight is 235 g/mol. The molecule has 4 heteroatoms. The Morgan fingerprint density at radius 3 is 3.00 bits per heavy atom. The second-order valence-electron chi connectivity index (χ2n) is 4.25. The summed E-state index contributed by atoms with van der Waals surface area (Å²) < 4.78 is 5.45. The van der Waals surface area contributed by atoms with E-state index >= 15 is 0 Å². The smallest absolute Gasteiger partial charge is 0.223 e. The van der Waals surface area contributed by atoms with Crippen LogP contribution in [0, 0.1) is 0 Å². The molecule has 0 unspecified atom stereocenters. The zero-order valence-electron chi connectivity index (χ0n) is 9.69. The molecule has 1 aromatic carbocycles. The highest BCUT2D eigenvalue weighted by Gasteiger charge is 2.22. The van der Waals surface area contributed by atoms with Gasteiger partial charge in [0, 0.05) is 6.04 Å². The molecule has 2 N–H and O–H groups in total. The van der Waals surface area contributed by atoms with Gasteiger partial charge in [0.2, 0.25) is 5.91 Å². The summed E-state index contributed by atoms with van der Waals surface area (Å²) >= 11 is 0. The Hall–Kier alpha value is -1.55. The van der Waals surface area contributed by atoms with E-state index in [9.17, 15) is 4.79 Å². The summed E-state index contributed by atoms with van der Waals surface area (Å²) in [4.78, 5) is 11.4. The van der Waals surface area contributed by atoms with Crippen LogP contribution in [0.3, 0.4) is 0 Å². The number of carbonyl (C=O) groups is 1. The minimum absolute atomic E-state index is 0.000629. The number of hydrogen-bond acceptors (Lipinski definition) is 3. The van der Waals surface area contributed by atoms with Crippen molar-refractivity contribution in [1.29, 1.82) is 0 Å². The number of aliphatic hydroxyl groups is 1. The first-order chi connectivity index (χ1) is 8.28. The van der Waals surface area contributed by atoms with Crippen molar-refractivity contribution in [1.82, 2.24) is 5.32 Å². The van der Waals surface area contributed by atoms with Gasteiger partial charge in [-0.2, -0.15) is 0 Å². The fourth-order valence-corrected chi connectivity index (χ4v) is 1.52. The molecule has 2 rings (SSSR count). The first-order valence-electron chi connectivity index (χ1n) is 5.90. The molecular formula is C13H17NO3. The van der Waals surface area contributed by atoms with E-state index in [2.05, 4.69) is 5.32 Å². The summed E-state index contributed by atoms with van der Waals surface area (Å²) in [6.07, 6.45) is 2.58. The molecule has 0 atom stereocenters. The summed E-state index contributed by atoms with van der Waals surface area (Å²) in [7, 11) is 0. The van der Waals surface area contributed by atoms with Crippen molar-refractivity contribution in [3.63, 3.8) is 0 Å². The summed E-state index contributed by atoms with van der Waals surface area (Å²) in [5.74, 6) is 0.738. The number of hydrogen-bond donors (Lipinski definition) is 2. The summed E-state index contributed by atoms with van der Waals surface area (Å²) in [5, 5.41) is 11.9. The molecular weight excluding hydrogens is 218 g/mol. The summed E-state index contributed by atoms with van der Waals surface area (Å²) in [6, 6.07) is 7.65. The van der Waals surface area contributed by atoms with E-state index in [0.29, 0.717) is 24.8 Å². The monoisotopic (exact) mass is 235 g/mol. The van der Waals surface area contributed by atoms with Gasteiger partial charge in [-0.3, -0.25) is 4.79 Å². The van der Waals surface area contributed by atoms with Gasteiger partial charge >= 0.3 is 0 Å². The molecule has 92 valence electrons. The number of ether oxygens (including phenoxy) is 1. The third-order valence-corrected chi connectivity index (χ3v) is 2.62. The summed E-state index contributed by atoms with van der Waals surface area (Å²) in [5.41, 5.74) is 0.810. The fourth-order valence-electron chi connectivity index (χ4n) is 1.52. The van der Waals surface area contributed by atoms with E-state index in [1.165, 1.54) is 0 Å². The Kier molecular flexibility index (Phi) is 3.98. The molecule has 1 aliphatic rings. The van der Waals surface area contributed by atoms with Gasteiger partial charge in [-0.25, -0.2) is 0 Å². The Labute approximate surface area is 101 Å². The maximum absolute atomic E-state index is 11.4. The van der Waals surface area contributed by atoms with Crippen LogP contribution in [0.2, 0.25) is 0 Å². The summed E-state index contributed by atoms with van der Waals surface area (Å²) in [6.45, 7) is 0.368. The standard InChI is InChI=1S/C13H17NO3/c15-9-10-2-1-3-12(8-10)17-7-6-13(16)14-11-4-5-11/h1-3,8,11,15H,4-7,9H2,(H,14,16). The average Bonchev–Trinajstić information content (AvgIpc) is 3.13. The van der Waals surface area contributed by atoms with Gasteiger partial charge in [-0.05, 0) is 30.5 Å². The maximum atomic E-state index is 11.4. The molecule has 1 saturated carbocycles. The first kappa shape index (κ1) is 11.9. The maximum Gasteiger partial charge on any atom is 0.223 e. The largest absolute Gasteiger partial charge is 0.493 e. The van der Waals surface area contributed by atoms with E-state index in [-0.39, 0.29) is 12.5 Å². The van der Waals surface area contributed by atoms with Crippen molar-refractivity contribution in [3.8, 4) is 5.75 Å². The van der Waals surface area contributed by atoms with Crippen molar-refractivity contribution in [2.75, 3.05) is 6.61 Å². The topological polar surface area (TPSA) is 58.6 Å². The Morgan fingerprint density at radius 2 is 2.29 bits per heavy atom. The number of aliphatic hydroxyl groups excluding tert-OH is 1. The second-order valence-corrected chi connectivity index (χ2v) is 4.25. The molecule has 1 amide bonds. The van der Waals surface area contributed by atoms with Gasteiger partial charge in [-0.15, -0.1) is 0 Å². The lowest BCUT2D eigenvalue weighted by Crippen LogP contribution is -2.26. The lowest BCUT2D eigenvalue weighted by molar-refractivity contribution is -0.121. The quantitative estimate of drug-likeness (QED) is 0.779. The Balaban J connectivity index is 1.71. The van der Waals surface area contributed by atoms with Crippen LogP contribution in [-0.2, 0) is 11.4 Å². The SMILES string of the molecule is O=C(CCOc1cccc(CO)c1)NC1CC1. The van der Waals surface area contributed by atoms with Crippen LogP contribution in [0.4, 0.5) is 0 Å². The van der Waals surface area contributed by atoms with E-state index < -0.39 is 0 Å². The molecule has 0 saturated heterocycles. The number of rotatable bonds is 6. The molecule has 4 nitrogen and oxygen atoms in total. The van der Waals surface area contributed by atoms with Crippen molar-refractivity contribution >= 4 is 5.91 Å². The molecule has 17 heavy (non-hydrogen) atoms. The molecule has 0 aliphatic heterocycles. The third-order valence-electron chi connectivity index (χ3n) is 2.62. The van der Waals surface area contributed by atoms with Gasteiger partial charge in [0.05, 0.1) is 19.6 Å². The predicted octanol–water partition coefficient (Wildman–Crippen LogP) is 1.23. The Morgan fingerprint density at radius 1 is 1.47 bits per heavy atom. The highest BCUT2D eigenvalue weighted by Crippen LogP contribution is 2.18. The molecule has 0 heterocycles. The van der Waals surface area contributed by atoms with Crippen LogP contribution in [-0.4, -0.2) is 23.7 Å². The first-order valence-corrected chi connectivity index (χ1v) is 5.90. The lowest BCUT2D eigenvalue weighted by Gasteiger charge is -2.07. The highest BCUT2D eigenvalue weighted by atomic mass is 16.5. The molecule has 0 aromatic heterocycles. The number of benzene rings is 1. The second kappa shape index (κ2) is 5.68. The van der Waals surface area contributed by atoms with Crippen LogP contribution in [0.15, 0.2) is 24.3 Å². The molecule has 1 aromatic rings. The van der Waals surface area contributed by atoms with E-state index in [1.807, 2.05) is 18.2 Å². The highest BCUT2D eigenvalue weighted by molar-refractivity contribution is 5.76. The third kappa shape index (κ3) is 4.07. The molecule has 1 fully saturated rings. The van der Waals surface area contributed by atoms with Crippen LogP contribution in [0.25, 0.3) is 0 Å². The van der Waals surface area contributed by atoms with Crippen molar-refractivity contribution < 1.29 is 14.6 Å². The number of nitrogens with one attached hydrogen (secondary N) is 1. The lowest BCUT2D eigenvalue weighted by atomic mass is 10.2. The molecule has 0 spiro atoms. The zero-order valence-corrected chi connectivity index (χ0v) is 9.69. The number of amides is 1. The van der Waals surface area contributed by atoms with Gasteiger partial charge in [0.1, 0.15) is 5.75 Å². The van der Waals surface area contributed by atoms with Gasteiger partial charge in [0.15, 0.2) is 0 Å². The molecule has 0 radical (unpaired) electrons. The number of carbonyl (C=O) groups excluding carboxylic acids is 1. The van der Waals surface area contributed by atoms with Crippen molar-refractivity contribution in [3.05, 3.63) is 29.8 Å². The van der Waals surface area contributed by atoms with E-state index in [1.54, 1.807) is 6.07 Å². The fraction of sp³-hybridized carbons (Fsp3) is 0.462. The van der Waals surface area contributed by atoms with E-state index in [0.717, 1.165) is 18.4 Å². The predicted molar refractivity (Wildman–Crippen MR) is 63.6 cm³/mol. The normalized spacial score (nSPS) is 14.4. The van der Waals surface area contributed by atoms with Crippen molar-refractivity contribution in [2.24, 2.45) is 0 Å². The van der Waals surface area contributed by atoms with Gasteiger partial charge in [-0.1, -0.05) is 12.1 Å². The van der Waals surface area contributed by atoms with Gasteiger partial charge < -0.3 is 15.2 Å². The molecule has 0 bridgehead atoms. The van der Waals surface area contributed by atoms with Crippen LogP contribution < -0.4 is 10.1 Å². The minimum atomic E-state index is -0.000629.